The zero-order chi connectivity index (χ0) is 8.43. The number of aryl methyl sites for hydroxylation is 1. The minimum atomic E-state index is -1.01. The summed E-state index contributed by atoms with van der Waals surface area (Å²) < 4.78 is 0.738. The number of carbonyl (C=O) groups is 1. The molecule has 59 valence electrons. The van der Waals surface area contributed by atoms with E-state index in [1.807, 2.05) is 0 Å². The van der Waals surface area contributed by atoms with Crippen molar-refractivity contribution in [3.63, 3.8) is 0 Å². The van der Waals surface area contributed by atoms with Crippen molar-refractivity contribution in [3.8, 4) is 0 Å². The molecule has 1 N–H and O–H groups in total. The molecule has 0 aliphatic heterocycles. The number of carboxylic acids is 1. The van der Waals surface area contributed by atoms with Crippen molar-refractivity contribution in [1.29, 1.82) is 0 Å². The average Bonchev–Trinajstić information content (AvgIpc) is 1.85. The third-order valence-corrected chi connectivity index (χ3v) is 1.60. The average molecular weight is 255 g/mol. The second kappa shape index (κ2) is 5.46. The van der Waals surface area contributed by atoms with E-state index in [9.17, 15) is 4.79 Å². The Hall–Kier alpha value is 0.736. The van der Waals surface area contributed by atoms with Crippen molar-refractivity contribution < 1.29 is 9.90 Å². The molecule has 1 aromatic rings. The first-order valence-electron chi connectivity index (χ1n) is 2.97. The molecule has 1 radical (unpaired) electrons. The Kier molecular flexibility index (Phi) is 5.80. The molecule has 0 spiro atoms. The van der Waals surface area contributed by atoms with Crippen molar-refractivity contribution in [2.24, 2.45) is 0 Å². The van der Waals surface area contributed by atoms with Crippen LogP contribution in [-0.2, 0) is 0 Å². The van der Waals surface area contributed by atoms with E-state index in [2.05, 4.69) is 20.9 Å². The first kappa shape index (κ1) is 12.7. The predicted molar refractivity (Wildman–Crippen MR) is 49.4 cm³/mol. The van der Waals surface area contributed by atoms with Crippen molar-refractivity contribution in [1.82, 2.24) is 4.98 Å². The summed E-state index contributed by atoms with van der Waals surface area (Å²) in [4.78, 5) is 14.2. The largest absolute Gasteiger partial charge is 0.477 e. The van der Waals surface area contributed by atoms with Crippen molar-refractivity contribution in [3.05, 3.63) is 28.0 Å². The van der Waals surface area contributed by atoms with E-state index < -0.39 is 5.97 Å². The van der Waals surface area contributed by atoms with Gasteiger partial charge < -0.3 is 5.11 Å². The molecule has 0 saturated carbocycles. The van der Waals surface area contributed by atoms with Crippen LogP contribution in [0, 0.1) is 6.92 Å². The molecule has 1 heterocycles. The van der Waals surface area contributed by atoms with E-state index >= 15 is 0 Å². The van der Waals surface area contributed by atoms with Crippen LogP contribution in [0.4, 0.5) is 0 Å². The van der Waals surface area contributed by atoms with E-state index in [1.165, 1.54) is 6.07 Å². The summed E-state index contributed by atoms with van der Waals surface area (Å²) >= 11 is 3.18. The zero-order valence-electron chi connectivity index (χ0n) is 6.84. The molecular formula is C7H6BrKNO2. The van der Waals surface area contributed by atoms with Gasteiger partial charge in [-0.3, -0.25) is 0 Å². The van der Waals surface area contributed by atoms with Gasteiger partial charge in [0.2, 0.25) is 0 Å². The van der Waals surface area contributed by atoms with Crippen molar-refractivity contribution >= 4 is 73.3 Å². The molecule has 0 bridgehead atoms. The summed E-state index contributed by atoms with van der Waals surface area (Å²) in [6.07, 6.45) is 0. The number of aromatic carboxylic acids is 1. The van der Waals surface area contributed by atoms with Crippen LogP contribution in [0.1, 0.15) is 16.2 Å². The first-order valence-corrected chi connectivity index (χ1v) is 3.76. The van der Waals surface area contributed by atoms with Crippen LogP contribution >= 0.6 is 15.9 Å². The van der Waals surface area contributed by atoms with E-state index in [4.69, 9.17) is 5.11 Å². The van der Waals surface area contributed by atoms with Gasteiger partial charge in [0.05, 0.1) is 0 Å². The molecule has 3 nitrogen and oxygen atoms in total. The van der Waals surface area contributed by atoms with Gasteiger partial charge in [-0.05, 0) is 19.1 Å². The van der Waals surface area contributed by atoms with Crippen LogP contribution in [0.5, 0.6) is 0 Å². The third kappa shape index (κ3) is 3.63. The molecule has 12 heavy (non-hydrogen) atoms. The molecule has 5 heteroatoms. The molecule has 0 fully saturated rings. The van der Waals surface area contributed by atoms with Gasteiger partial charge in [-0.15, -0.1) is 0 Å². The zero-order valence-corrected chi connectivity index (χ0v) is 11.5. The monoisotopic (exact) mass is 254 g/mol. The number of hydrogen-bond donors (Lipinski definition) is 1. The van der Waals surface area contributed by atoms with Gasteiger partial charge in [0.15, 0.2) is 0 Å². The Morgan fingerprint density at radius 1 is 1.58 bits per heavy atom. The minimum absolute atomic E-state index is 0. The SMILES string of the molecule is Cc1cc(Br)cc(C(=O)O)n1.[K]. The van der Waals surface area contributed by atoms with E-state index in [-0.39, 0.29) is 57.1 Å². The van der Waals surface area contributed by atoms with Crippen molar-refractivity contribution in [2.45, 2.75) is 6.92 Å². The fourth-order valence-electron chi connectivity index (χ4n) is 0.736. The fourth-order valence-corrected chi connectivity index (χ4v) is 1.28. The van der Waals surface area contributed by atoms with Gasteiger partial charge in [0.1, 0.15) is 5.69 Å². The Labute approximate surface area is 121 Å². The molecule has 0 atom stereocenters. The summed E-state index contributed by atoms with van der Waals surface area (Å²) in [5.74, 6) is -1.01. The Balaban J connectivity index is 0.00000121. The maximum atomic E-state index is 10.4. The quantitative estimate of drug-likeness (QED) is 0.773. The van der Waals surface area contributed by atoms with Crippen molar-refractivity contribution in [2.75, 3.05) is 0 Å². The second-order valence-electron chi connectivity index (χ2n) is 2.12. The van der Waals surface area contributed by atoms with Crippen LogP contribution < -0.4 is 0 Å². The molecular weight excluding hydrogens is 249 g/mol. The fraction of sp³-hybridized carbons (Fsp3) is 0.143. The Morgan fingerprint density at radius 2 is 2.17 bits per heavy atom. The normalized spacial score (nSPS) is 8.83. The van der Waals surface area contributed by atoms with E-state index in [1.54, 1.807) is 13.0 Å². The Bertz CT molecular complexity index is 283. The Morgan fingerprint density at radius 3 is 2.58 bits per heavy atom. The predicted octanol–water partition coefficient (Wildman–Crippen LogP) is 1.47. The maximum absolute atomic E-state index is 10.4. The smallest absolute Gasteiger partial charge is 0.354 e. The summed E-state index contributed by atoms with van der Waals surface area (Å²) in [7, 11) is 0. The van der Waals surface area contributed by atoms with Gasteiger partial charge in [0, 0.05) is 61.6 Å². The number of pyridine rings is 1. The van der Waals surface area contributed by atoms with Crippen LogP contribution in [0.25, 0.3) is 0 Å². The van der Waals surface area contributed by atoms with E-state index in [0.29, 0.717) is 5.69 Å². The van der Waals surface area contributed by atoms with Crippen LogP contribution in [0.3, 0.4) is 0 Å². The van der Waals surface area contributed by atoms with Gasteiger partial charge in [-0.1, -0.05) is 15.9 Å². The number of nitrogens with zero attached hydrogens (tertiary/aromatic N) is 1. The maximum Gasteiger partial charge on any atom is 0.354 e. The third-order valence-electron chi connectivity index (χ3n) is 1.14. The van der Waals surface area contributed by atoms with Crippen LogP contribution in [0.15, 0.2) is 16.6 Å². The molecule has 0 aliphatic carbocycles. The van der Waals surface area contributed by atoms with E-state index in [0.717, 1.165) is 4.47 Å². The van der Waals surface area contributed by atoms with Crippen LogP contribution in [0.2, 0.25) is 0 Å². The van der Waals surface area contributed by atoms with Gasteiger partial charge >= 0.3 is 5.97 Å². The summed E-state index contributed by atoms with van der Waals surface area (Å²) in [5, 5.41) is 8.55. The summed E-state index contributed by atoms with van der Waals surface area (Å²) in [6.45, 7) is 1.75. The molecule has 0 aromatic carbocycles. The number of aromatic nitrogens is 1. The molecule has 1 aromatic heterocycles. The van der Waals surface area contributed by atoms with Gasteiger partial charge in [-0.25, -0.2) is 9.78 Å². The first-order chi connectivity index (χ1) is 5.09. The molecule has 0 saturated heterocycles. The number of hydrogen-bond acceptors (Lipinski definition) is 2. The summed E-state index contributed by atoms with van der Waals surface area (Å²) in [5.41, 5.74) is 0.758. The standard InChI is InChI=1S/C7H6BrNO2.K/c1-4-2-5(8)3-6(9-4)7(10)11;/h2-3H,1H3,(H,10,11);. The minimum Gasteiger partial charge on any atom is -0.477 e. The summed E-state index contributed by atoms with van der Waals surface area (Å²) in [6, 6.07) is 3.22. The number of halogens is 1. The number of carboxylic acid groups (broad SMARTS) is 1. The number of rotatable bonds is 1. The van der Waals surface area contributed by atoms with Crippen LogP contribution in [-0.4, -0.2) is 67.4 Å². The molecule has 0 aliphatic rings. The second-order valence-corrected chi connectivity index (χ2v) is 3.03. The molecule has 0 amide bonds. The molecule has 0 unspecified atom stereocenters. The van der Waals surface area contributed by atoms with Gasteiger partial charge in [0.25, 0.3) is 0 Å². The van der Waals surface area contributed by atoms with Gasteiger partial charge in [-0.2, -0.15) is 0 Å². The molecule has 1 rings (SSSR count). The topological polar surface area (TPSA) is 50.2 Å².